The first-order chi connectivity index (χ1) is 20.0. The third kappa shape index (κ3) is 7.18. The quantitative estimate of drug-likeness (QED) is 0.0930. The Morgan fingerprint density at radius 1 is 0.905 bits per heavy atom. The molecule has 3 aromatic carbocycles. The van der Waals surface area contributed by atoms with Crippen LogP contribution in [0.5, 0.6) is 40.5 Å². The van der Waals surface area contributed by atoms with Crippen LogP contribution in [0.2, 0.25) is 0 Å². The highest BCUT2D eigenvalue weighted by atomic mass is 19.1. The minimum atomic E-state index is -1.39. The Labute approximate surface area is 237 Å². The van der Waals surface area contributed by atoms with Crippen molar-refractivity contribution in [1.29, 1.82) is 10.8 Å². The molecule has 0 unspecified atom stereocenters. The van der Waals surface area contributed by atoms with Crippen LogP contribution in [0.3, 0.4) is 0 Å². The molecule has 4 rings (SSSR count). The molecular formula is C28H24F2N6O6. The van der Waals surface area contributed by atoms with Crippen molar-refractivity contribution in [3.63, 3.8) is 0 Å². The number of ether oxygens (including phenoxy) is 3. The summed E-state index contributed by atoms with van der Waals surface area (Å²) in [7, 11) is 0. The Balaban J connectivity index is 1.77. The number of amidine groups is 1. The molecule has 1 heterocycles. The molecular weight excluding hydrogens is 554 g/mol. The van der Waals surface area contributed by atoms with Crippen LogP contribution in [0, 0.1) is 22.5 Å². The van der Waals surface area contributed by atoms with Gasteiger partial charge in [-0.2, -0.15) is 13.8 Å². The fourth-order valence-corrected chi connectivity index (χ4v) is 3.61. The third-order valence-corrected chi connectivity index (χ3v) is 5.53. The van der Waals surface area contributed by atoms with Gasteiger partial charge in [-0.1, -0.05) is 18.2 Å². The van der Waals surface area contributed by atoms with Gasteiger partial charge in [0.05, 0.1) is 0 Å². The number of carboxylic acids is 1. The average molecular weight is 579 g/mol. The van der Waals surface area contributed by atoms with E-state index in [-0.39, 0.29) is 47.4 Å². The van der Waals surface area contributed by atoms with Crippen LogP contribution in [0.1, 0.15) is 17.5 Å². The first kappa shape index (κ1) is 29.1. The lowest BCUT2D eigenvalue weighted by molar-refractivity contribution is -0.136. The second kappa shape index (κ2) is 12.5. The van der Waals surface area contributed by atoms with Crippen molar-refractivity contribution in [2.75, 3.05) is 5.32 Å². The molecule has 0 atom stereocenters. The molecule has 216 valence electrons. The number of aryl methyl sites for hydroxylation is 1. The zero-order valence-corrected chi connectivity index (χ0v) is 21.7. The molecule has 0 aliphatic heterocycles. The number of guanidine groups is 1. The van der Waals surface area contributed by atoms with Crippen LogP contribution in [0.25, 0.3) is 0 Å². The van der Waals surface area contributed by atoms with E-state index >= 15 is 8.78 Å². The largest absolute Gasteiger partial charge is 0.504 e. The Morgan fingerprint density at radius 3 is 2.24 bits per heavy atom. The Morgan fingerprint density at radius 2 is 1.57 bits per heavy atom. The molecule has 14 heteroatoms. The predicted molar refractivity (Wildman–Crippen MR) is 148 cm³/mol. The summed E-state index contributed by atoms with van der Waals surface area (Å²) < 4.78 is 48.0. The number of nitrogens with two attached hydrogens (primary N) is 2. The van der Waals surface area contributed by atoms with Crippen molar-refractivity contribution in [3.05, 3.63) is 89.5 Å². The Hall–Kier alpha value is -5.92. The minimum Gasteiger partial charge on any atom is -0.504 e. The molecule has 0 bridgehead atoms. The SMILES string of the molecule is N=C(N)Nc1cccc(Oc2nc(Oc3cc(C(=N)N)ccc3O)c(F)c(Oc3cccc(CCC(=O)O)c3)c2F)c1. The van der Waals surface area contributed by atoms with Gasteiger partial charge in [-0.3, -0.25) is 15.6 Å². The van der Waals surface area contributed by atoms with Gasteiger partial charge in [-0.25, -0.2) is 0 Å². The number of aromatic hydroxyl groups is 1. The minimum absolute atomic E-state index is 0.0205. The van der Waals surface area contributed by atoms with Crippen LogP contribution in [0.4, 0.5) is 14.5 Å². The van der Waals surface area contributed by atoms with Crippen LogP contribution in [0.15, 0.2) is 66.7 Å². The van der Waals surface area contributed by atoms with Crippen molar-refractivity contribution in [3.8, 4) is 40.5 Å². The zero-order valence-electron chi connectivity index (χ0n) is 21.7. The topological polar surface area (TPSA) is 210 Å². The second-order valence-electron chi connectivity index (χ2n) is 8.69. The van der Waals surface area contributed by atoms with Gasteiger partial charge in [0.25, 0.3) is 11.8 Å². The highest BCUT2D eigenvalue weighted by Crippen LogP contribution is 2.41. The molecule has 42 heavy (non-hydrogen) atoms. The molecule has 0 aliphatic carbocycles. The van der Waals surface area contributed by atoms with E-state index < -0.39 is 40.9 Å². The number of carbonyl (C=O) groups is 1. The number of phenolic OH excluding ortho intramolecular Hbond substituents is 1. The van der Waals surface area contributed by atoms with Crippen LogP contribution in [-0.4, -0.2) is 33.0 Å². The van der Waals surface area contributed by atoms with E-state index in [4.69, 9.17) is 41.6 Å². The van der Waals surface area contributed by atoms with Gasteiger partial charge in [0.2, 0.25) is 17.4 Å². The molecule has 4 aromatic rings. The van der Waals surface area contributed by atoms with Gasteiger partial charge >= 0.3 is 5.97 Å². The van der Waals surface area contributed by atoms with Gasteiger partial charge in [0.1, 0.15) is 17.3 Å². The smallest absolute Gasteiger partial charge is 0.303 e. The summed E-state index contributed by atoms with van der Waals surface area (Å²) >= 11 is 0. The van der Waals surface area contributed by atoms with Crippen LogP contribution >= 0.6 is 0 Å². The molecule has 0 fully saturated rings. The van der Waals surface area contributed by atoms with E-state index in [1.165, 1.54) is 48.5 Å². The molecule has 0 radical (unpaired) electrons. The summed E-state index contributed by atoms with van der Waals surface area (Å²) in [6.07, 6.45) is -0.0231. The maximum absolute atomic E-state index is 15.7. The van der Waals surface area contributed by atoms with Gasteiger partial charge in [0, 0.05) is 23.7 Å². The lowest BCUT2D eigenvalue weighted by atomic mass is 10.1. The van der Waals surface area contributed by atoms with Gasteiger partial charge in [-0.05, 0) is 54.4 Å². The average Bonchev–Trinajstić information content (AvgIpc) is 2.93. The third-order valence-electron chi connectivity index (χ3n) is 5.53. The van der Waals surface area contributed by atoms with Crippen molar-refractivity contribution >= 4 is 23.5 Å². The van der Waals surface area contributed by atoms with Crippen LogP contribution < -0.4 is 31.0 Å². The number of nitrogen functional groups attached to an aromatic ring is 1. The summed E-state index contributed by atoms with van der Waals surface area (Å²) in [5, 5.41) is 36.8. The molecule has 1 aromatic heterocycles. The number of halogens is 2. The van der Waals surface area contributed by atoms with E-state index in [0.717, 1.165) is 6.07 Å². The number of phenols is 1. The lowest BCUT2D eigenvalue weighted by Crippen LogP contribution is -2.20. The molecule has 0 saturated heterocycles. The number of hydrogen-bond acceptors (Lipinski definition) is 8. The number of pyridine rings is 1. The maximum atomic E-state index is 15.7. The van der Waals surface area contributed by atoms with E-state index in [1.807, 2.05) is 0 Å². The summed E-state index contributed by atoms with van der Waals surface area (Å²) in [6.45, 7) is 0. The molecule has 12 nitrogen and oxygen atoms in total. The number of hydrogen-bond donors (Lipinski definition) is 7. The van der Waals surface area contributed by atoms with Gasteiger partial charge < -0.3 is 41.2 Å². The fourth-order valence-electron chi connectivity index (χ4n) is 3.61. The van der Waals surface area contributed by atoms with Crippen molar-refractivity contribution in [2.24, 2.45) is 11.5 Å². The monoisotopic (exact) mass is 578 g/mol. The van der Waals surface area contributed by atoms with E-state index in [9.17, 15) is 9.90 Å². The predicted octanol–water partition coefficient (Wildman–Crippen LogP) is 5.05. The number of nitrogens with zero attached hydrogens (tertiary/aromatic N) is 1. The summed E-state index contributed by atoms with van der Waals surface area (Å²) in [5.74, 6) is -7.86. The fraction of sp³-hybridized carbons (Fsp3) is 0.0714. The Bertz CT molecular complexity index is 1680. The standard InChI is InChI=1S/C28H24F2N6O6/c29-22-24(40-17-5-1-3-14(11-17)7-10-21(38)39)23(30)27(42-20-12-15(25(31)32)8-9-19(20)37)36-26(22)41-18-6-2-4-16(13-18)35-28(33)34/h1-6,8-9,11-13,37H,7,10H2,(H3,31,32)(H,38,39)(H4,33,34,35). The number of rotatable bonds is 11. The Kier molecular flexibility index (Phi) is 8.66. The first-order valence-corrected chi connectivity index (χ1v) is 12.1. The highest BCUT2D eigenvalue weighted by Gasteiger charge is 2.27. The molecule has 9 N–H and O–H groups in total. The van der Waals surface area contributed by atoms with Crippen molar-refractivity contribution in [2.45, 2.75) is 12.8 Å². The lowest BCUT2D eigenvalue weighted by Gasteiger charge is -2.16. The van der Waals surface area contributed by atoms with Gasteiger partial charge in [0.15, 0.2) is 17.5 Å². The number of anilines is 1. The summed E-state index contributed by atoms with van der Waals surface area (Å²) in [6, 6.07) is 15.5. The number of aromatic nitrogens is 1. The van der Waals surface area contributed by atoms with Crippen LogP contribution in [-0.2, 0) is 11.2 Å². The molecule has 0 amide bonds. The van der Waals surface area contributed by atoms with E-state index in [2.05, 4.69) is 10.3 Å². The first-order valence-electron chi connectivity index (χ1n) is 12.1. The van der Waals surface area contributed by atoms with Crippen molar-refractivity contribution in [1.82, 2.24) is 4.98 Å². The maximum Gasteiger partial charge on any atom is 0.303 e. The van der Waals surface area contributed by atoms with Gasteiger partial charge in [-0.15, -0.1) is 0 Å². The molecule has 0 saturated carbocycles. The molecule has 0 spiro atoms. The van der Waals surface area contributed by atoms with E-state index in [1.54, 1.807) is 12.1 Å². The second-order valence-corrected chi connectivity index (χ2v) is 8.69. The number of carboxylic acid groups (broad SMARTS) is 1. The van der Waals surface area contributed by atoms with Crippen molar-refractivity contribution < 1.29 is 38.0 Å². The van der Waals surface area contributed by atoms with E-state index in [0.29, 0.717) is 11.3 Å². The zero-order chi connectivity index (χ0) is 30.4. The summed E-state index contributed by atoms with van der Waals surface area (Å²) in [4.78, 5) is 14.8. The number of benzene rings is 3. The highest BCUT2D eigenvalue weighted by molar-refractivity contribution is 5.95. The normalized spacial score (nSPS) is 10.5. The number of aliphatic carboxylic acids is 1. The molecule has 0 aliphatic rings. The summed E-state index contributed by atoms with van der Waals surface area (Å²) in [5.41, 5.74) is 11.9. The number of nitrogens with one attached hydrogen (secondary N) is 3.